The summed E-state index contributed by atoms with van der Waals surface area (Å²) in [5, 5.41) is 6.92. The number of ketones is 1. The minimum absolute atomic E-state index is 0.0594. The second-order valence-electron chi connectivity index (χ2n) is 9.98. The number of hydrogen-bond acceptors (Lipinski definition) is 7. The van der Waals surface area contributed by atoms with Crippen LogP contribution in [0.4, 0.5) is 5.13 Å². The Morgan fingerprint density at radius 2 is 1.94 bits per heavy atom. The number of Topliss-reactive ketones (excluding diaryl/α,β-unsaturated/α-hetero) is 1. The van der Waals surface area contributed by atoms with Gasteiger partial charge in [-0.05, 0) is 48.6 Å². The Morgan fingerprint density at radius 1 is 1.14 bits per heavy atom. The Labute approximate surface area is 206 Å². The molecule has 1 amide bonds. The third-order valence-electron chi connectivity index (χ3n) is 6.73. The minimum atomic E-state index is -0.515. The summed E-state index contributed by atoms with van der Waals surface area (Å²) < 4.78 is 12.1. The van der Waals surface area contributed by atoms with Gasteiger partial charge in [0.1, 0.15) is 0 Å². The average Bonchev–Trinajstić information content (AvgIpc) is 3.42. The third kappa shape index (κ3) is 3.78. The van der Waals surface area contributed by atoms with Crippen LogP contribution in [0.25, 0.3) is 10.2 Å². The summed E-state index contributed by atoms with van der Waals surface area (Å²) >= 11 is 1.43. The molecule has 0 unspecified atom stereocenters. The van der Waals surface area contributed by atoms with E-state index in [4.69, 9.17) is 9.47 Å². The van der Waals surface area contributed by atoms with Crippen LogP contribution in [0.2, 0.25) is 0 Å². The summed E-state index contributed by atoms with van der Waals surface area (Å²) in [6.45, 7) is 6.25. The smallest absolute Gasteiger partial charge is 0.256 e. The topological polar surface area (TPSA) is 89.6 Å². The first-order valence-corrected chi connectivity index (χ1v) is 12.4. The van der Waals surface area contributed by atoms with Gasteiger partial charge in [0.25, 0.3) is 5.91 Å². The minimum Gasteiger partial charge on any atom is -0.454 e. The van der Waals surface area contributed by atoms with Crippen LogP contribution in [0, 0.1) is 5.41 Å². The van der Waals surface area contributed by atoms with Crippen molar-refractivity contribution in [2.24, 2.45) is 5.41 Å². The van der Waals surface area contributed by atoms with Crippen LogP contribution in [0.5, 0.6) is 11.5 Å². The van der Waals surface area contributed by atoms with E-state index in [9.17, 15) is 9.59 Å². The van der Waals surface area contributed by atoms with Gasteiger partial charge in [-0.3, -0.25) is 14.9 Å². The highest BCUT2D eigenvalue weighted by atomic mass is 32.1. The van der Waals surface area contributed by atoms with Gasteiger partial charge < -0.3 is 14.8 Å². The largest absolute Gasteiger partial charge is 0.454 e. The average molecular weight is 488 g/mol. The molecule has 0 fully saturated rings. The van der Waals surface area contributed by atoms with Crippen LogP contribution >= 0.6 is 11.3 Å². The Morgan fingerprint density at radius 3 is 2.77 bits per heavy atom. The van der Waals surface area contributed by atoms with Gasteiger partial charge in [0, 0.05) is 34.9 Å². The molecule has 3 aliphatic rings. The highest BCUT2D eigenvalue weighted by molar-refractivity contribution is 7.22. The van der Waals surface area contributed by atoms with Crippen LogP contribution in [0.15, 0.2) is 65.0 Å². The van der Waals surface area contributed by atoms with Crippen molar-refractivity contribution in [3.63, 3.8) is 0 Å². The number of carbonyl (C=O) groups is 2. The molecule has 6 rings (SSSR count). The lowest BCUT2D eigenvalue weighted by Crippen LogP contribution is -2.39. The predicted octanol–water partition coefficient (Wildman–Crippen LogP) is 5.27. The van der Waals surface area contributed by atoms with Gasteiger partial charge in [0.15, 0.2) is 22.4 Å². The number of fused-ring (bicyclic) bond motifs is 2. The van der Waals surface area contributed by atoms with E-state index in [0.717, 1.165) is 33.6 Å². The lowest BCUT2D eigenvalue weighted by Gasteiger charge is -2.39. The maximum Gasteiger partial charge on any atom is 0.256 e. The molecule has 1 aliphatic carbocycles. The number of nitrogens with zero attached hydrogens (tertiary/aromatic N) is 1. The van der Waals surface area contributed by atoms with Gasteiger partial charge in [-0.15, -0.1) is 0 Å². The zero-order valence-electron chi connectivity index (χ0n) is 19.7. The van der Waals surface area contributed by atoms with Gasteiger partial charge >= 0.3 is 0 Å². The molecule has 2 aliphatic heterocycles. The summed E-state index contributed by atoms with van der Waals surface area (Å²) in [5.74, 6) is 0.549. The van der Waals surface area contributed by atoms with Gasteiger partial charge in [-0.1, -0.05) is 43.4 Å². The molecule has 0 saturated carbocycles. The lowest BCUT2D eigenvalue weighted by atomic mass is 9.68. The SMILES string of the molecule is CC1=C(C(=O)Nc2nc3ccccc3s2)[C@H](c2ccc3c(c2)OCO3)C2=C(CC(C)(C)CC2=O)N1. The molecule has 8 heteroatoms. The van der Waals surface area contributed by atoms with Gasteiger partial charge in [-0.2, -0.15) is 0 Å². The van der Waals surface area contributed by atoms with Crippen molar-refractivity contribution in [1.29, 1.82) is 0 Å². The summed E-state index contributed by atoms with van der Waals surface area (Å²) in [6.07, 6.45) is 1.17. The Hall–Kier alpha value is -3.65. The number of para-hydroxylation sites is 1. The monoisotopic (exact) mass is 487 g/mol. The number of carbonyl (C=O) groups excluding carboxylic acids is 2. The molecule has 178 valence electrons. The highest BCUT2D eigenvalue weighted by Crippen LogP contribution is 2.48. The first-order valence-electron chi connectivity index (χ1n) is 11.6. The number of nitrogens with one attached hydrogen (secondary N) is 2. The zero-order chi connectivity index (χ0) is 24.3. The van der Waals surface area contributed by atoms with Crippen molar-refractivity contribution in [1.82, 2.24) is 10.3 Å². The fourth-order valence-corrected chi connectivity index (χ4v) is 6.11. The fourth-order valence-electron chi connectivity index (χ4n) is 5.25. The molecule has 1 aromatic heterocycles. The molecular formula is C27H25N3O4S. The van der Waals surface area contributed by atoms with E-state index in [1.165, 1.54) is 11.3 Å². The molecule has 2 N–H and O–H groups in total. The number of aromatic nitrogens is 1. The van der Waals surface area contributed by atoms with Crippen molar-refractivity contribution in [3.8, 4) is 11.5 Å². The van der Waals surface area contributed by atoms with Crippen LogP contribution in [-0.4, -0.2) is 23.5 Å². The quantitative estimate of drug-likeness (QED) is 0.523. The Kier molecular flexibility index (Phi) is 4.96. The molecule has 0 saturated heterocycles. The van der Waals surface area contributed by atoms with Crippen molar-refractivity contribution in [2.45, 2.75) is 39.5 Å². The fraction of sp³-hybridized carbons (Fsp3) is 0.296. The number of amides is 1. The van der Waals surface area contributed by atoms with Crippen molar-refractivity contribution in [2.75, 3.05) is 12.1 Å². The maximum absolute atomic E-state index is 13.7. The zero-order valence-corrected chi connectivity index (χ0v) is 20.5. The Bertz CT molecular complexity index is 1430. The number of anilines is 1. The van der Waals surface area contributed by atoms with Gasteiger partial charge in [0.2, 0.25) is 6.79 Å². The second kappa shape index (κ2) is 7.95. The molecule has 3 heterocycles. The number of thiazole rings is 1. The Balaban J connectivity index is 1.44. The van der Waals surface area contributed by atoms with Crippen LogP contribution in [0.1, 0.15) is 45.1 Å². The lowest BCUT2D eigenvalue weighted by molar-refractivity contribution is -0.118. The summed E-state index contributed by atoms with van der Waals surface area (Å²) in [4.78, 5) is 31.8. The number of hydrogen-bond donors (Lipinski definition) is 2. The number of allylic oxidation sites excluding steroid dienone is 3. The number of benzene rings is 2. The van der Waals surface area contributed by atoms with Crippen molar-refractivity contribution in [3.05, 3.63) is 70.6 Å². The number of ether oxygens (including phenoxy) is 2. The standard InChI is InChI=1S/C27H25N3O4S/c1-14-22(25(32)30-26-29-16-6-4-5-7-21(16)35-26)23(15-8-9-19-20(10-15)34-13-33-19)24-17(28-14)11-27(2,3)12-18(24)31/h4-10,23,28H,11-13H2,1-3H3,(H,29,30,32)/t23-/m0/s1. The normalized spacial score (nSPS) is 20.7. The summed E-state index contributed by atoms with van der Waals surface area (Å²) in [6, 6.07) is 13.4. The van der Waals surface area contributed by atoms with E-state index in [2.05, 4.69) is 29.5 Å². The molecule has 7 nitrogen and oxygen atoms in total. The van der Waals surface area contributed by atoms with Crippen LogP contribution in [-0.2, 0) is 9.59 Å². The molecule has 0 radical (unpaired) electrons. The second-order valence-corrected chi connectivity index (χ2v) is 11.0. The molecule has 35 heavy (non-hydrogen) atoms. The van der Waals surface area contributed by atoms with E-state index in [1.54, 1.807) is 0 Å². The molecule has 0 bridgehead atoms. The highest BCUT2D eigenvalue weighted by Gasteiger charge is 2.43. The molecule has 2 aromatic carbocycles. The first-order chi connectivity index (χ1) is 16.8. The van der Waals surface area contributed by atoms with E-state index in [0.29, 0.717) is 34.2 Å². The molecule has 1 atom stereocenters. The van der Waals surface area contributed by atoms with E-state index in [1.807, 2.05) is 49.4 Å². The maximum atomic E-state index is 13.7. The van der Waals surface area contributed by atoms with E-state index in [-0.39, 0.29) is 23.9 Å². The summed E-state index contributed by atoms with van der Waals surface area (Å²) in [5.41, 5.74) is 4.30. The third-order valence-corrected chi connectivity index (χ3v) is 7.68. The predicted molar refractivity (Wildman–Crippen MR) is 134 cm³/mol. The van der Waals surface area contributed by atoms with Crippen LogP contribution < -0.4 is 20.1 Å². The molecular weight excluding hydrogens is 462 g/mol. The van der Waals surface area contributed by atoms with Gasteiger partial charge in [0.05, 0.1) is 10.2 Å². The molecule has 3 aromatic rings. The van der Waals surface area contributed by atoms with Gasteiger partial charge in [-0.25, -0.2) is 4.98 Å². The number of dihydropyridines is 1. The van der Waals surface area contributed by atoms with Crippen molar-refractivity contribution < 1.29 is 19.1 Å². The molecule has 0 spiro atoms. The van der Waals surface area contributed by atoms with E-state index < -0.39 is 5.92 Å². The van der Waals surface area contributed by atoms with E-state index >= 15 is 0 Å². The van der Waals surface area contributed by atoms with Crippen LogP contribution in [0.3, 0.4) is 0 Å². The number of rotatable bonds is 3. The first kappa shape index (κ1) is 21.9. The van der Waals surface area contributed by atoms with Crippen molar-refractivity contribution >= 4 is 38.4 Å². The summed E-state index contributed by atoms with van der Waals surface area (Å²) in [7, 11) is 0.